The summed E-state index contributed by atoms with van der Waals surface area (Å²) in [5.41, 5.74) is 1.15. The lowest BCUT2D eigenvalue weighted by atomic mass is 9.79. The number of carbonyl (C=O) groups is 1. The van der Waals surface area contributed by atoms with E-state index in [1.165, 1.54) is 0 Å². The Morgan fingerprint density at radius 3 is 2.44 bits per heavy atom. The zero-order chi connectivity index (χ0) is 13.8. The van der Waals surface area contributed by atoms with Crippen molar-refractivity contribution in [1.29, 1.82) is 0 Å². The van der Waals surface area contributed by atoms with E-state index in [4.69, 9.17) is 4.74 Å². The van der Waals surface area contributed by atoms with Crippen LogP contribution in [0, 0.1) is 11.3 Å². The third-order valence-electron chi connectivity index (χ3n) is 3.59. The number of hydrogen-bond donors (Lipinski definition) is 0. The van der Waals surface area contributed by atoms with Gasteiger partial charge in [0.15, 0.2) is 0 Å². The Labute approximate surface area is 110 Å². The average Bonchev–Trinajstić information content (AvgIpc) is 2.28. The molecule has 1 rings (SSSR count). The number of rotatable bonds is 5. The fourth-order valence-electron chi connectivity index (χ4n) is 1.78. The Morgan fingerprint density at radius 1 is 1.28 bits per heavy atom. The first-order valence-corrected chi connectivity index (χ1v) is 6.48. The van der Waals surface area contributed by atoms with Crippen molar-refractivity contribution < 1.29 is 9.53 Å². The van der Waals surface area contributed by atoms with Gasteiger partial charge in [-0.2, -0.15) is 0 Å². The Hall–Kier alpha value is -1.31. The van der Waals surface area contributed by atoms with Crippen LogP contribution in [-0.4, -0.2) is 12.9 Å². The molecule has 0 bridgehead atoms. The molecule has 1 unspecified atom stereocenters. The molecule has 0 fully saturated rings. The van der Waals surface area contributed by atoms with Crippen LogP contribution >= 0.6 is 0 Å². The van der Waals surface area contributed by atoms with Crippen LogP contribution in [-0.2, 0) is 11.2 Å². The molecule has 0 radical (unpaired) electrons. The second kappa shape index (κ2) is 6.03. The monoisotopic (exact) mass is 248 g/mol. The average molecular weight is 248 g/mol. The molecule has 1 atom stereocenters. The number of ketones is 1. The predicted octanol–water partition coefficient (Wildman–Crippen LogP) is 3.88. The lowest BCUT2D eigenvalue weighted by Crippen LogP contribution is -2.21. The number of Topliss-reactive ketones (excluding diaryl/α,β-unsaturated/α-hetero) is 1. The van der Waals surface area contributed by atoms with Gasteiger partial charge in [0.25, 0.3) is 0 Å². The molecular weight excluding hydrogens is 224 g/mol. The van der Waals surface area contributed by atoms with Crippen molar-refractivity contribution in [2.75, 3.05) is 7.11 Å². The summed E-state index contributed by atoms with van der Waals surface area (Å²) in [6.45, 7) is 8.66. The van der Waals surface area contributed by atoms with Crippen LogP contribution in [0.25, 0.3) is 0 Å². The normalized spacial score (nSPS) is 13.2. The topological polar surface area (TPSA) is 26.3 Å². The van der Waals surface area contributed by atoms with E-state index in [9.17, 15) is 4.79 Å². The van der Waals surface area contributed by atoms with Crippen LogP contribution in [0.15, 0.2) is 24.3 Å². The third-order valence-corrected chi connectivity index (χ3v) is 3.59. The number of benzene rings is 1. The van der Waals surface area contributed by atoms with Crippen molar-refractivity contribution in [1.82, 2.24) is 0 Å². The summed E-state index contributed by atoms with van der Waals surface area (Å²) in [5.74, 6) is 1.47. The Morgan fingerprint density at radius 2 is 1.89 bits per heavy atom. The summed E-state index contributed by atoms with van der Waals surface area (Å²) in [6.07, 6.45) is 1.09. The first kappa shape index (κ1) is 14.7. The summed E-state index contributed by atoms with van der Waals surface area (Å²) in [5, 5.41) is 0. The van der Waals surface area contributed by atoms with Crippen molar-refractivity contribution >= 4 is 5.78 Å². The fraction of sp³-hybridized carbons (Fsp3) is 0.562. The quantitative estimate of drug-likeness (QED) is 0.790. The molecule has 0 aromatic heterocycles. The first-order valence-electron chi connectivity index (χ1n) is 6.48. The molecule has 2 heteroatoms. The molecule has 0 amide bonds. The van der Waals surface area contributed by atoms with E-state index in [0.29, 0.717) is 18.8 Å². The molecule has 0 spiro atoms. The van der Waals surface area contributed by atoms with E-state index in [1.807, 2.05) is 24.3 Å². The molecule has 1 aromatic rings. The molecular formula is C16H24O2. The summed E-state index contributed by atoms with van der Waals surface area (Å²) in [6, 6.07) is 7.72. The SMILES string of the molecule is COc1ccccc1CC(=O)CC(C)C(C)(C)C. The largest absolute Gasteiger partial charge is 0.496 e. The van der Waals surface area contributed by atoms with Gasteiger partial charge in [0, 0.05) is 18.4 Å². The maximum Gasteiger partial charge on any atom is 0.137 e. The fourth-order valence-corrected chi connectivity index (χ4v) is 1.78. The lowest BCUT2D eigenvalue weighted by Gasteiger charge is -2.26. The van der Waals surface area contributed by atoms with Crippen LogP contribution in [0.3, 0.4) is 0 Å². The third kappa shape index (κ3) is 4.17. The number of carbonyl (C=O) groups excluding carboxylic acids is 1. The van der Waals surface area contributed by atoms with Crippen molar-refractivity contribution in [3.05, 3.63) is 29.8 Å². The van der Waals surface area contributed by atoms with Crippen LogP contribution in [0.1, 0.15) is 39.7 Å². The second-order valence-corrected chi connectivity index (χ2v) is 6.00. The zero-order valence-corrected chi connectivity index (χ0v) is 12.1. The van der Waals surface area contributed by atoms with Crippen molar-refractivity contribution in [3.63, 3.8) is 0 Å². The molecule has 1 aromatic carbocycles. The molecule has 0 aliphatic heterocycles. The summed E-state index contributed by atoms with van der Waals surface area (Å²) >= 11 is 0. The Balaban J connectivity index is 2.65. The molecule has 0 aliphatic carbocycles. The van der Waals surface area contributed by atoms with Gasteiger partial charge >= 0.3 is 0 Å². The van der Waals surface area contributed by atoms with Gasteiger partial charge in [-0.15, -0.1) is 0 Å². The minimum absolute atomic E-state index is 0.177. The van der Waals surface area contributed by atoms with Gasteiger partial charge in [-0.25, -0.2) is 0 Å². The molecule has 0 saturated carbocycles. The predicted molar refractivity (Wildman–Crippen MR) is 74.9 cm³/mol. The van der Waals surface area contributed by atoms with Crippen LogP contribution in [0.5, 0.6) is 5.75 Å². The van der Waals surface area contributed by atoms with Crippen molar-refractivity contribution in [3.8, 4) is 5.75 Å². The molecule has 100 valence electrons. The van der Waals surface area contributed by atoms with Crippen molar-refractivity contribution in [2.45, 2.75) is 40.5 Å². The second-order valence-electron chi connectivity index (χ2n) is 6.00. The van der Waals surface area contributed by atoms with Gasteiger partial charge in [0.05, 0.1) is 7.11 Å². The summed E-state index contributed by atoms with van der Waals surface area (Å²) in [7, 11) is 1.64. The maximum atomic E-state index is 12.1. The van der Waals surface area contributed by atoms with Crippen LogP contribution in [0.4, 0.5) is 0 Å². The van der Waals surface area contributed by atoms with Gasteiger partial charge in [-0.05, 0) is 17.4 Å². The van der Waals surface area contributed by atoms with E-state index in [-0.39, 0.29) is 11.2 Å². The van der Waals surface area contributed by atoms with Gasteiger partial charge < -0.3 is 4.74 Å². The number of para-hydroxylation sites is 1. The summed E-state index contributed by atoms with van der Waals surface area (Å²) < 4.78 is 5.27. The minimum atomic E-state index is 0.177. The molecule has 2 nitrogen and oxygen atoms in total. The van der Waals surface area contributed by atoms with E-state index in [0.717, 1.165) is 11.3 Å². The minimum Gasteiger partial charge on any atom is -0.496 e. The highest BCUT2D eigenvalue weighted by molar-refractivity contribution is 5.81. The number of hydrogen-bond acceptors (Lipinski definition) is 2. The van der Waals surface area contributed by atoms with Gasteiger partial charge in [0.1, 0.15) is 11.5 Å². The Bertz CT molecular complexity index is 402. The first-order chi connectivity index (χ1) is 8.34. The van der Waals surface area contributed by atoms with E-state index < -0.39 is 0 Å². The van der Waals surface area contributed by atoms with E-state index >= 15 is 0 Å². The maximum absolute atomic E-state index is 12.1. The van der Waals surface area contributed by atoms with Gasteiger partial charge in [-0.1, -0.05) is 45.9 Å². The highest BCUT2D eigenvalue weighted by Crippen LogP contribution is 2.29. The number of ether oxygens (including phenoxy) is 1. The molecule has 0 heterocycles. The molecule has 0 N–H and O–H groups in total. The van der Waals surface area contributed by atoms with Crippen LogP contribution < -0.4 is 4.74 Å². The highest BCUT2D eigenvalue weighted by Gasteiger charge is 2.22. The molecule has 0 aliphatic rings. The van der Waals surface area contributed by atoms with E-state index in [1.54, 1.807) is 7.11 Å². The Kier molecular flexibility index (Phi) is 4.94. The summed E-state index contributed by atoms with van der Waals surface area (Å²) in [4.78, 5) is 12.1. The molecule has 0 saturated heterocycles. The number of methoxy groups -OCH3 is 1. The highest BCUT2D eigenvalue weighted by atomic mass is 16.5. The lowest BCUT2D eigenvalue weighted by molar-refractivity contribution is -0.120. The van der Waals surface area contributed by atoms with E-state index in [2.05, 4.69) is 27.7 Å². The van der Waals surface area contributed by atoms with Crippen LogP contribution in [0.2, 0.25) is 0 Å². The van der Waals surface area contributed by atoms with Gasteiger partial charge in [-0.3, -0.25) is 4.79 Å². The standard InChI is InChI=1S/C16H24O2/c1-12(16(2,3)4)10-14(17)11-13-8-6-7-9-15(13)18-5/h6-9,12H,10-11H2,1-5H3. The molecule has 18 heavy (non-hydrogen) atoms. The van der Waals surface area contributed by atoms with Gasteiger partial charge in [0.2, 0.25) is 0 Å². The van der Waals surface area contributed by atoms with Crippen molar-refractivity contribution in [2.24, 2.45) is 11.3 Å². The smallest absolute Gasteiger partial charge is 0.137 e. The zero-order valence-electron chi connectivity index (χ0n) is 12.1.